The minimum atomic E-state index is -0.732. The van der Waals surface area contributed by atoms with Crippen LogP contribution >= 0.6 is 0 Å². The first-order valence-electron chi connectivity index (χ1n) is 10.0. The molecule has 3 heterocycles. The number of H-pyrrole nitrogens is 1. The predicted molar refractivity (Wildman–Crippen MR) is 99.9 cm³/mol. The van der Waals surface area contributed by atoms with Crippen LogP contribution in [0.3, 0.4) is 0 Å². The molecule has 1 aromatic heterocycles. The van der Waals surface area contributed by atoms with Crippen LogP contribution in [-0.2, 0) is 16.0 Å². The van der Waals surface area contributed by atoms with Crippen LogP contribution in [0.25, 0.3) is 0 Å². The number of hydrogen-bond acceptors (Lipinski definition) is 4. The Hall–Kier alpha value is -2.82. The molecule has 3 aliphatic rings. The monoisotopic (exact) mass is 383 g/mol. The van der Waals surface area contributed by atoms with Gasteiger partial charge in [0.05, 0.1) is 6.07 Å². The lowest BCUT2D eigenvalue weighted by atomic mass is 9.97. The van der Waals surface area contributed by atoms with Crippen molar-refractivity contribution in [2.75, 3.05) is 13.1 Å². The molecule has 3 amide bonds. The van der Waals surface area contributed by atoms with Crippen molar-refractivity contribution < 1.29 is 14.4 Å². The summed E-state index contributed by atoms with van der Waals surface area (Å²) in [6, 6.07) is 2.70. The predicted octanol–water partition coefficient (Wildman–Crippen LogP) is 0.716. The quantitative estimate of drug-likeness (QED) is 0.643. The molecule has 1 unspecified atom stereocenters. The fourth-order valence-electron chi connectivity index (χ4n) is 4.20. The molecule has 0 aromatic carbocycles. The Morgan fingerprint density at radius 3 is 2.82 bits per heavy atom. The van der Waals surface area contributed by atoms with Crippen molar-refractivity contribution in [3.63, 3.8) is 0 Å². The molecule has 8 heteroatoms. The van der Waals surface area contributed by atoms with Crippen molar-refractivity contribution in [3.8, 4) is 6.07 Å². The first-order chi connectivity index (χ1) is 13.6. The van der Waals surface area contributed by atoms with E-state index in [4.69, 9.17) is 0 Å². The van der Waals surface area contributed by atoms with E-state index in [0.29, 0.717) is 50.4 Å². The van der Waals surface area contributed by atoms with Crippen LogP contribution in [-0.4, -0.2) is 52.8 Å². The number of rotatable bonds is 7. The van der Waals surface area contributed by atoms with Crippen molar-refractivity contribution in [2.24, 2.45) is 11.8 Å². The second kappa shape index (κ2) is 7.66. The maximum atomic E-state index is 13.1. The van der Waals surface area contributed by atoms with Crippen LogP contribution in [0.2, 0.25) is 0 Å². The van der Waals surface area contributed by atoms with E-state index in [-0.39, 0.29) is 23.6 Å². The van der Waals surface area contributed by atoms with Crippen molar-refractivity contribution in [1.29, 1.82) is 5.26 Å². The normalized spacial score (nSPS) is 23.5. The third-order valence-corrected chi connectivity index (χ3v) is 6.02. The van der Waals surface area contributed by atoms with Gasteiger partial charge in [-0.3, -0.25) is 14.4 Å². The van der Waals surface area contributed by atoms with Gasteiger partial charge in [-0.05, 0) is 43.2 Å². The lowest BCUT2D eigenvalue weighted by Gasteiger charge is -2.34. The lowest BCUT2D eigenvalue weighted by Crippen LogP contribution is -2.54. The standard InChI is InChI=1S/C20H25N5O3/c21-11-15(10-14-4-7-23-18(14)26)24-19(27)16(9-12-1-2-12)25-8-5-13-3-6-22-17(13)20(25)28/h3,6,12,14-16,22H,1-2,4-5,7-10H2,(H,23,26)(H,24,27)/t14?,15-,16+/m0/s1. The molecule has 148 valence electrons. The minimum absolute atomic E-state index is 0.0606. The van der Waals surface area contributed by atoms with E-state index in [9.17, 15) is 19.6 Å². The summed E-state index contributed by atoms with van der Waals surface area (Å²) in [5.41, 5.74) is 1.54. The third kappa shape index (κ3) is 3.75. The summed E-state index contributed by atoms with van der Waals surface area (Å²) in [6.45, 7) is 1.11. The van der Waals surface area contributed by atoms with Gasteiger partial charge in [0.25, 0.3) is 5.91 Å². The third-order valence-electron chi connectivity index (χ3n) is 6.02. The fraction of sp³-hybridized carbons (Fsp3) is 0.600. The number of nitriles is 1. The number of aromatic nitrogens is 1. The minimum Gasteiger partial charge on any atom is -0.357 e. The first kappa shape index (κ1) is 18.5. The summed E-state index contributed by atoms with van der Waals surface area (Å²) in [4.78, 5) is 42.4. The number of aromatic amines is 1. The Labute approximate surface area is 163 Å². The number of carbonyl (C=O) groups excluding carboxylic acids is 3. The molecule has 3 N–H and O–H groups in total. The SMILES string of the molecule is N#C[C@H](CC1CCNC1=O)NC(=O)[C@@H](CC1CC1)N1CCc2cc[nH]c2C1=O. The molecule has 1 aliphatic carbocycles. The van der Waals surface area contributed by atoms with Gasteiger partial charge in [-0.25, -0.2) is 0 Å². The van der Waals surface area contributed by atoms with E-state index in [1.165, 1.54) is 0 Å². The van der Waals surface area contributed by atoms with Crippen molar-refractivity contribution >= 4 is 17.7 Å². The number of carbonyl (C=O) groups is 3. The molecular formula is C20H25N5O3. The molecule has 3 atom stereocenters. The van der Waals surface area contributed by atoms with Gasteiger partial charge in [-0.2, -0.15) is 5.26 Å². The summed E-state index contributed by atoms with van der Waals surface area (Å²) < 4.78 is 0. The van der Waals surface area contributed by atoms with E-state index in [1.54, 1.807) is 11.1 Å². The van der Waals surface area contributed by atoms with E-state index in [2.05, 4.69) is 21.7 Å². The number of hydrogen-bond donors (Lipinski definition) is 3. The van der Waals surface area contributed by atoms with Gasteiger partial charge in [0.1, 0.15) is 17.8 Å². The highest BCUT2D eigenvalue weighted by Crippen LogP contribution is 2.35. The molecule has 0 spiro atoms. The largest absolute Gasteiger partial charge is 0.357 e. The molecule has 0 bridgehead atoms. The highest BCUT2D eigenvalue weighted by molar-refractivity contribution is 5.98. The van der Waals surface area contributed by atoms with Gasteiger partial charge >= 0.3 is 0 Å². The first-order valence-corrected chi connectivity index (χ1v) is 10.0. The highest BCUT2D eigenvalue weighted by atomic mass is 16.2. The van der Waals surface area contributed by atoms with Gasteiger partial charge in [0, 0.05) is 25.2 Å². The van der Waals surface area contributed by atoms with Crippen molar-refractivity contribution in [2.45, 2.75) is 50.6 Å². The Morgan fingerprint density at radius 2 is 2.14 bits per heavy atom. The van der Waals surface area contributed by atoms with Crippen LogP contribution in [0, 0.1) is 23.2 Å². The van der Waals surface area contributed by atoms with E-state index < -0.39 is 12.1 Å². The van der Waals surface area contributed by atoms with Gasteiger partial charge in [0.2, 0.25) is 11.8 Å². The van der Waals surface area contributed by atoms with Gasteiger partial charge in [-0.1, -0.05) is 12.8 Å². The van der Waals surface area contributed by atoms with Crippen LogP contribution in [0.5, 0.6) is 0 Å². The molecule has 1 saturated heterocycles. The number of nitrogens with one attached hydrogen (secondary N) is 3. The molecule has 2 aliphatic heterocycles. The van der Waals surface area contributed by atoms with E-state index >= 15 is 0 Å². The molecule has 28 heavy (non-hydrogen) atoms. The second-order valence-electron chi connectivity index (χ2n) is 8.02. The summed E-state index contributed by atoms with van der Waals surface area (Å²) >= 11 is 0. The smallest absolute Gasteiger partial charge is 0.271 e. The lowest BCUT2D eigenvalue weighted by molar-refractivity contribution is -0.127. The molecule has 8 nitrogen and oxygen atoms in total. The van der Waals surface area contributed by atoms with Gasteiger partial charge in [0.15, 0.2) is 0 Å². The van der Waals surface area contributed by atoms with Crippen molar-refractivity contribution in [3.05, 3.63) is 23.5 Å². The molecular weight excluding hydrogens is 358 g/mol. The van der Waals surface area contributed by atoms with E-state index in [0.717, 1.165) is 18.4 Å². The van der Waals surface area contributed by atoms with Crippen LogP contribution in [0.15, 0.2) is 12.3 Å². The summed E-state index contributed by atoms with van der Waals surface area (Å²) in [5.74, 6) is -0.301. The molecule has 2 fully saturated rings. The molecule has 0 radical (unpaired) electrons. The number of fused-ring (bicyclic) bond motifs is 1. The zero-order valence-corrected chi connectivity index (χ0v) is 15.7. The number of amides is 3. The Morgan fingerprint density at radius 1 is 1.32 bits per heavy atom. The zero-order chi connectivity index (χ0) is 19.7. The molecule has 1 saturated carbocycles. The van der Waals surface area contributed by atoms with Crippen LogP contribution < -0.4 is 10.6 Å². The number of nitrogens with zero attached hydrogens (tertiary/aromatic N) is 2. The Balaban J connectivity index is 1.46. The van der Waals surface area contributed by atoms with E-state index in [1.807, 2.05) is 6.07 Å². The fourth-order valence-corrected chi connectivity index (χ4v) is 4.20. The molecule has 1 aromatic rings. The Kier molecular flexibility index (Phi) is 5.07. The van der Waals surface area contributed by atoms with Crippen molar-refractivity contribution in [1.82, 2.24) is 20.5 Å². The van der Waals surface area contributed by atoms with Crippen LogP contribution in [0.1, 0.15) is 48.2 Å². The zero-order valence-electron chi connectivity index (χ0n) is 15.7. The highest BCUT2D eigenvalue weighted by Gasteiger charge is 2.39. The van der Waals surface area contributed by atoms with Crippen LogP contribution in [0.4, 0.5) is 0 Å². The molecule has 4 rings (SSSR count). The maximum Gasteiger partial charge on any atom is 0.271 e. The summed E-state index contributed by atoms with van der Waals surface area (Å²) in [6.07, 6.45) is 6.21. The van der Waals surface area contributed by atoms with Gasteiger partial charge < -0.3 is 20.5 Å². The average molecular weight is 383 g/mol. The Bertz CT molecular complexity index is 822. The summed E-state index contributed by atoms with van der Waals surface area (Å²) in [5, 5.41) is 15.0. The van der Waals surface area contributed by atoms with Gasteiger partial charge in [-0.15, -0.1) is 0 Å². The topological polar surface area (TPSA) is 118 Å². The summed E-state index contributed by atoms with van der Waals surface area (Å²) in [7, 11) is 0. The maximum absolute atomic E-state index is 13.1. The second-order valence-corrected chi connectivity index (χ2v) is 8.02. The average Bonchev–Trinajstić information content (AvgIpc) is 3.21.